The lowest BCUT2D eigenvalue weighted by molar-refractivity contribution is 1.09. The molecule has 4 heteroatoms. The zero-order valence-corrected chi connectivity index (χ0v) is 4.44. The highest BCUT2D eigenvalue weighted by Crippen LogP contribution is 1.99. The maximum absolute atomic E-state index is 3.77. The summed E-state index contributed by atoms with van der Waals surface area (Å²) >= 11 is 3.77. The molecular formula is C3H5N3S. The van der Waals surface area contributed by atoms with Crippen LogP contribution in [0.3, 0.4) is 0 Å². The molecule has 0 aliphatic carbocycles. The van der Waals surface area contributed by atoms with Gasteiger partial charge in [0.25, 0.3) is 0 Å². The fraction of sp³-hybridized carbons (Fsp3) is 0. The molecule has 1 heterocycles. The Hall–Kier alpha value is -0.640. The molecule has 0 spiro atoms. The van der Waals surface area contributed by atoms with E-state index in [1.165, 1.54) is 0 Å². The van der Waals surface area contributed by atoms with Crippen LogP contribution in [0.5, 0.6) is 0 Å². The first-order chi connectivity index (χ1) is 3.43. The van der Waals surface area contributed by atoms with Crippen molar-refractivity contribution in [2.24, 2.45) is 0 Å². The third kappa shape index (κ3) is 0.866. The highest BCUT2D eigenvalue weighted by Gasteiger charge is 1.81. The van der Waals surface area contributed by atoms with Crippen molar-refractivity contribution in [1.82, 2.24) is 10.2 Å². The summed E-state index contributed by atoms with van der Waals surface area (Å²) in [4.78, 5) is 0. The van der Waals surface area contributed by atoms with Crippen molar-refractivity contribution in [2.45, 2.75) is 0 Å². The summed E-state index contributed by atoms with van der Waals surface area (Å²) in [5.41, 5.74) is 0.878. The second-order valence-electron chi connectivity index (χ2n) is 1.10. The Morgan fingerprint density at radius 1 is 1.86 bits per heavy atom. The predicted molar refractivity (Wildman–Crippen MR) is 31.2 cm³/mol. The highest BCUT2D eigenvalue weighted by atomic mass is 32.1. The van der Waals surface area contributed by atoms with Gasteiger partial charge in [0.1, 0.15) is 0 Å². The van der Waals surface area contributed by atoms with Gasteiger partial charge in [-0.3, -0.25) is 5.10 Å². The molecule has 38 valence electrons. The van der Waals surface area contributed by atoms with Crippen LogP contribution in [0, 0.1) is 0 Å². The SMILES string of the molecule is SNc1cn[nH]c1. The van der Waals surface area contributed by atoms with Crippen LogP contribution in [0.15, 0.2) is 12.4 Å². The lowest BCUT2D eigenvalue weighted by atomic mass is 10.6. The molecule has 1 rings (SSSR count). The van der Waals surface area contributed by atoms with E-state index in [1.54, 1.807) is 12.4 Å². The van der Waals surface area contributed by atoms with E-state index in [1.807, 2.05) is 0 Å². The smallest absolute Gasteiger partial charge is 0.0820 e. The van der Waals surface area contributed by atoms with Gasteiger partial charge >= 0.3 is 0 Å². The zero-order chi connectivity index (χ0) is 5.11. The standard InChI is InChI=1S/C3H5N3S/c7-6-3-1-4-5-2-3/h1-2,6-7H,(H,4,5). The summed E-state index contributed by atoms with van der Waals surface area (Å²) in [7, 11) is 0. The lowest BCUT2D eigenvalue weighted by Gasteiger charge is -1.83. The van der Waals surface area contributed by atoms with Gasteiger partial charge in [0.05, 0.1) is 11.9 Å². The number of nitrogens with one attached hydrogen (secondary N) is 2. The van der Waals surface area contributed by atoms with E-state index in [4.69, 9.17) is 0 Å². The Kier molecular flexibility index (Phi) is 1.21. The average Bonchev–Trinajstić information content (AvgIpc) is 2.14. The van der Waals surface area contributed by atoms with Crippen LogP contribution in [0.25, 0.3) is 0 Å². The first-order valence-electron chi connectivity index (χ1n) is 1.82. The van der Waals surface area contributed by atoms with Gasteiger partial charge in [0.2, 0.25) is 0 Å². The molecule has 0 aliphatic rings. The van der Waals surface area contributed by atoms with E-state index in [0.717, 1.165) is 5.69 Å². The molecule has 0 atom stereocenters. The van der Waals surface area contributed by atoms with E-state index in [-0.39, 0.29) is 0 Å². The number of rotatable bonds is 1. The van der Waals surface area contributed by atoms with E-state index < -0.39 is 0 Å². The molecular weight excluding hydrogens is 110 g/mol. The Balaban J connectivity index is 2.76. The number of H-pyrrole nitrogens is 1. The first kappa shape index (κ1) is 4.52. The monoisotopic (exact) mass is 115 g/mol. The second kappa shape index (κ2) is 1.88. The van der Waals surface area contributed by atoms with Crippen molar-refractivity contribution in [3.63, 3.8) is 0 Å². The minimum atomic E-state index is 0.878. The number of nitrogens with zero attached hydrogens (tertiary/aromatic N) is 1. The Bertz CT molecular complexity index is 125. The molecule has 0 aliphatic heterocycles. The number of hydrogen-bond donors (Lipinski definition) is 3. The number of aromatic amines is 1. The van der Waals surface area contributed by atoms with Gasteiger partial charge in [0.15, 0.2) is 0 Å². The topological polar surface area (TPSA) is 40.7 Å². The van der Waals surface area contributed by atoms with Crippen molar-refractivity contribution in [3.05, 3.63) is 12.4 Å². The molecule has 0 aromatic carbocycles. The third-order valence-corrected chi connectivity index (χ3v) is 0.886. The van der Waals surface area contributed by atoms with Gasteiger partial charge in [0, 0.05) is 6.20 Å². The van der Waals surface area contributed by atoms with Crippen LogP contribution in [0.2, 0.25) is 0 Å². The molecule has 1 aromatic rings. The maximum atomic E-state index is 3.77. The first-order valence-corrected chi connectivity index (χ1v) is 2.27. The fourth-order valence-corrected chi connectivity index (χ4v) is 0.434. The molecule has 0 unspecified atom stereocenters. The molecule has 7 heavy (non-hydrogen) atoms. The predicted octanol–water partition coefficient (Wildman–Crippen LogP) is 0.666. The average molecular weight is 115 g/mol. The molecule has 0 fully saturated rings. The molecule has 3 nitrogen and oxygen atoms in total. The van der Waals surface area contributed by atoms with Gasteiger partial charge in [-0.25, -0.2) is 0 Å². The number of anilines is 1. The van der Waals surface area contributed by atoms with Crippen molar-refractivity contribution in [1.29, 1.82) is 0 Å². The molecule has 0 bridgehead atoms. The van der Waals surface area contributed by atoms with E-state index in [0.29, 0.717) is 0 Å². The normalized spacial score (nSPS) is 8.71. The third-order valence-electron chi connectivity index (χ3n) is 0.627. The Labute approximate surface area is 46.7 Å². The van der Waals surface area contributed by atoms with Crippen LogP contribution >= 0.6 is 12.8 Å². The van der Waals surface area contributed by atoms with Crippen LogP contribution in [0.4, 0.5) is 5.69 Å². The van der Waals surface area contributed by atoms with Crippen LogP contribution < -0.4 is 4.72 Å². The zero-order valence-electron chi connectivity index (χ0n) is 3.55. The number of thiol groups is 1. The second-order valence-corrected chi connectivity index (χ2v) is 1.32. The van der Waals surface area contributed by atoms with Crippen LogP contribution in [-0.2, 0) is 0 Å². The molecule has 0 radical (unpaired) electrons. The molecule has 0 saturated heterocycles. The quantitative estimate of drug-likeness (QED) is 0.471. The van der Waals surface area contributed by atoms with Gasteiger partial charge in [-0.1, -0.05) is 12.8 Å². The summed E-state index contributed by atoms with van der Waals surface area (Å²) in [6, 6.07) is 0. The van der Waals surface area contributed by atoms with Crippen molar-refractivity contribution < 1.29 is 0 Å². The molecule has 0 saturated carbocycles. The summed E-state index contributed by atoms with van der Waals surface area (Å²) in [6.45, 7) is 0. The molecule has 2 N–H and O–H groups in total. The van der Waals surface area contributed by atoms with Crippen LogP contribution in [0.1, 0.15) is 0 Å². The summed E-state index contributed by atoms with van der Waals surface area (Å²) in [6.07, 6.45) is 3.36. The number of aromatic nitrogens is 2. The largest absolute Gasteiger partial charge is 0.330 e. The van der Waals surface area contributed by atoms with Gasteiger partial charge in [-0.15, -0.1) is 0 Å². The van der Waals surface area contributed by atoms with Gasteiger partial charge in [-0.2, -0.15) is 5.10 Å². The van der Waals surface area contributed by atoms with Gasteiger partial charge < -0.3 is 4.72 Å². The minimum absolute atomic E-state index is 0.878. The van der Waals surface area contributed by atoms with Crippen molar-refractivity contribution in [2.75, 3.05) is 4.72 Å². The van der Waals surface area contributed by atoms with Crippen molar-refractivity contribution in [3.8, 4) is 0 Å². The van der Waals surface area contributed by atoms with E-state index in [2.05, 4.69) is 27.7 Å². The van der Waals surface area contributed by atoms with E-state index in [9.17, 15) is 0 Å². The van der Waals surface area contributed by atoms with Crippen LogP contribution in [-0.4, -0.2) is 10.2 Å². The molecule has 0 amide bonds. The highest BCUT2D eigenvalue weighted by molar-refractivity contribution is 7.81. The summed E-state index contributed by atoms with van der Waals surface area (Å²) in [5.74, 6) is 0. The number of hydrogen-bond acceptors (Lipinski definition) is 3. The maximum Gasteiger partial charge on any atom is 0.0820 e. The Morgan fingerprint density at radius 2 is 2.71 bits per heavy atom. The summed E-state index contributed by atoms with van der Waals surface area (Å²) < 4.78 is 2.61. The minimum Gasteiger partial charge on any atom is -0.330 e. The van der Waals surface area contributed by atoms with Gasteiger partial charge in [-0.05, 0) is 0 Å². The van der Waals surface area contributed by atoms with E-state index >= 15 is 0 Å². The fourth-order valence-electron chi connectivity index (χ4n) is 0.312. The lowest BCUT2D eigenvalue weighted by Crippen LogP contribution is -1.70. The Morgan fingerprint density at radius 3 is 3.00 bits per heavy atom. The summed E-state index contributed by atoms with van der Waals surface area (Å²) in [5, 5.41) is 6.28. The van der Waals surface area contributed by atoms with Crippen molar-refractivity contribution >= 4 is 18.5 Å². The molecule has 1 aromatic heterocycles.